The molecule has 0 saturated carbocycles. The van der Waals surface area contributed by atoms with E-state index in [2.05, 4.69) is 5.32 Å². The molecule has 1 heterocycles. The topological polar surface area (TPSA) is 137 Å². The third-order valence-electron chi connectivity index (χ3n) is 4.79. The predicted octanol–water partition coefficient (Wildman–Crippen LogP) is 3.69. The number of carbonyl (C=O) groups is 2. The lowest BCUT2D eigenvalue weighted by molar-refractivity contribution is -0.479. The van der Waals surface area contributed by atoms with Crippen LogP contribution in [0.15, 0.2) is 54.7 Å². The van der Waals surface area contributed by atoms with Gasteiger partial charge in [0, 0.05) is 53.4 Å². The van der Waals surface area contributed by atoms with Crippen molar-refractivity contribution in [1.82, 2.24) is 9.88 Å². The third kappa shape index (κ3) is 5.30. The number of aromatic nitrogens is 1. The molecule has 1 aromatic heterocycles. The molecule has 3 rings (SSSR count). The molecular weight excluding hydrogens is 436 g/mol. The SMILES string of the molecule is CC(=O)n1cc(C(C[N+](=O)[O-])SCCNC(=O)c2ccc([N+](=O)[O-])cc2)c2ccccc21. The van der Waals surface area contributed by atoms with E-state index in [1.54, 1.807) is 18.3 Å². The maximum atomic E-state index is 12.2. The molecule has 0 spiro atoms. The highest BCUT2D eigenvalue weighted by Gasteiger charge is 2.24. The molecule has 1 atom stereocenters. The zero-order valence-corrected chi connectivity index (χ0v) is 17.9. The normalized spacial score (nSPS) is 11.8. The molecule has 1 unspecified atom stereocenters. The van der Waals surface area contributed by atoms with Gasteiger partial charge in [-0.2, -0.15) is 0 Å². The lowest BCUT2D eigenvalue weighted by Gasteiger charge is -2.12. The number of nitrogens with zero attached hydrogens (tertiary/aromatic N) is 3. The Morgan fingerprint density at radius 3 is 2.41 bits per heavy atom. The summed E-state index contributed by atoms with van der Waals surface area (Å²) in [7, 11) is 0. The van der Waals surface area contributed by atoms with Crippen molar-refractivity contribution < 1.29 is 19.4 Å². The molecule has 166 valence electrons. The summed E-state index contributed by atoms with van der Waals surface area (Å²) >= 11 is 1.32. The monoisotopic (exact) mass is 456 g/mol. The van der Waals surface area contributed by atoms with E-state index in [0.29, 0.717) is 16.8 Å². The molecule has 0 radical (unpaired) electrons. The minimum Gasteiger partial charge on any atom is -0.351 e. The summed E-state index contributed by atoms with van der Waals surface area (Å²) in [6, 6.07) is 12.5. The van der Waals surface area contributed by atoms with Crippen molar-refractivity contribution in [2.75, 3.05) is 18.8 Å². The van der Waals surface area contributed by atoms with Crippen LogP contribution in [-0.2, 0) is 0 Å². The van der Waals surface area contributed by atoms with E-state index in [1.165, 1.54) is 47.5 Å². The van der Waals surface area contributed by atoms with Crippen LogP contribution in [0.4, 0.5) is 5.69 Å². The van der Waals surface area contributed by atoms with Gasteiger partial charge in [-0.1, -0.05) is 18.2 Å². The summed E-state index contributed by atoms with van der Waals surface area (Å²) in [4.78, 5) is 45.2. The number of non-ortho nitro benzene ring substituents is 1. The number of benzene rings is 2. The zero-order valence-electron chi connectivity index (χ0n) is 17.1. The Morgan fingerprint density at radius 1 is 1.09 bits per heavy atom. The summed E-state index contributed by atoms with van der Waals surface area (Å²) in [5.41, 5.74) is 1.56. The van der Waals surface area contributed by atoms with E-state index in [4.69, 9.17) is 0 Å². The lowest BCUT2D eigenvalue weighted by Crippen LogP contribution is -2.26. The van der Waals surface area contributed by atoms with Crippen LogP contribution in [0, 0.1) is 20.2 Å². The molecule has 0 fully saturated rings. The van der Waals surface area contributed by atoms with Crippen LogP contribution in [0.25, 0.3) is 10.9 Å². The smallest absolute Gasteiger partial charge is 0.269 e. The third-order valence-corrected chi connectivity index (χ3v) is 6.04. The molecule has 32 heavy (non-hydrogen) atoms. The number of nitro groups is 2. The number of para-hydroxylation sites is 1. The molecule has 0 aliphatic carbocycles. The Labute approximate surface area is 186 Å². The maximum absolute atomic E-state index is 12.2. The van der Waals surface area contributed by atoms with E-state index in [0.717, 1.165) is 5.39 Å². The average Bonchev–Trinajstić information content (AvgIpc) is 3.15. The zero-order chi connectivity index (χ0) is 23.3. The molecule has 1 amide bonds. The molecule has 1 N–H and O–H groups in total. The van der Waals surface area contributed by atoms with Crippen LogP contribution >= 0.6 is 11.8 Å². The van der Waals surface area contributed by atoms with Crippen LogP contribution in [0.2, 0.25) is 0 Å². The standard InChI is InChI=1S/C21H20N4O6S/c1-14(26)23-12-18(17-4-2-3-5-19(17)23)20(13-24(28)29)32-11-10-22-21(27)15-6-8-16(9-7-15)25(30)31/h2-9,12,20H,10-11,13H2,1H3,(H,22,27). The first-order chi connectivity index (χ1) is 15.3. The number of carbonyl (C=O) groups excluding carboxylic acids is 2. The Morgan fingerprint density at radius 2 is 1.78 bits per heavy atom. The quantitative estimate of drug-likeness (QED) is 0.294. The summed E-state index contributed by atoms with van der Waals surface area (Å²) in [5.74, 6) is -0.177. The fraction of sp³-hybridized carbons (Fsp3) is 0.238. The number of rotatable bonds is 9. The number of hydrogen-bond acceptors (Lipinski definition) is 7. The largest absolute Gasteiger partial charge is 0.351 e. The van der Waals surface area contributed by atoms with Gasteiger partial charge in [-0.15, -0.1) is 11.8 Å². The molecule has 0 bridgehead atoms. The highest BCUT2D eigenvalue weighted by atomic mass is 32.2. The molecule has 3 aromatic rings. The fourth-order valence-electron chi connectivity index (χ4n) is 3.30. The van der Waals surface area contributed by atoms with Gasteiger partial charge < -0.3 is 5.32 Å². The highest BCUT2D eigenvalue weighted by Crippen LogP contribution is 2.35. The Bertz CT molecular complexity index is 1170. The number of thioether (sulfide) groups is 1. The van der Waals surface area contributed by atoms with E-state index >= 15 is 0 Å². The molecule has 0 aliphatic heterocycles. The number of fused-ring (bicyclic) bond motifs is 1. The molecule has 0 saturated heterocycles. The van der Waals surface area contributed by atoms with E-state index in [-0.39, 0.29) is 36.2 Å². The van der Waals surface area contributed by atoms with Crippen LogP contribution < -0.4 is 5.32 Å². The summed E-state index contributed by atoms with van der Waals surface area (Å²) in [6.07, 6.45) is 1.64. The molecular formula is C21H20N4O6S. The van der Waals surface area contributed by atoms with Gasteiger partial charge in [0.25, 0.3) is 11.6 Å². The minimum absolute atomic E-state index is 0.107. The Hall–Kier alpha value is -3.73. The molecule has 10 nitrogen and oxygen atoms in total. The van der Waals surface area contributed by atoms with Gasteiger partial charge in [-0.3, -0.25) is 34.4 Å². The van der Waals surface area contributed by atoms with Crippen molar-refractivity contribution in [3.05, 3.63) is 86.1 Å². The van der Waals surface area contributed by atoms with Gasteiger partial charge in [0.15, 0.2) is 0 Å². The van der Waals surface area contributed by atoms with Crippen LogP contribution in [-0.4, -0.2) is 45.1 Å². The first kappa shape index (κ1) is 22.9. The predicted molar refractivity (Wildman–Crippen MR) is 121 cm³/mol. The van der Waals surface area contributed by atoms with Gasteiger partial charge in [0.1, 0.15) is 0 Å². The first-order valence-corrected chi connectivity index (χ1v) is 10.7. The van der Waals surface area contributed by atoms with Gasteiger partial charge in [0.2, 0.25) is 12.5 Å². The van der Waals surface area contributed by atoms with Crippen molar-refractivity contribution >= 4 is 40.2 Å². The number of hydrogen-bond donors (Lipinski definition) is 1. The second-order valence-corrected chi connectivity index (χ2v) is 8.24. The summed E-state index contributed by atoms with van der Waals surface area (Å²) in [6.45, 7) is 1.35. The van der Waals surface area contributed by atoms with Crippen LogP contribution in [0.1, 0.15) is 32.9 Å². The summed E-state index contributed by atoms with van der Waals surface area (Å²) in [5, 5.41) is 24.9. The van der Waals surface area contributed by atoms with Gasteiger partial charge >= 0.3 is 0 Å². The second-order valence-electron chi connectivity index (χ2n) is 6.93. The van der Waals surface area contributed by atoms with Gasteiger partial charge in [0.05, 0.1) is 15.7 Å². The van der Waals surface area contributed by atoms with Crippen molar-refractivity contribution in [3.63, 3.8) is 0 Å². The van der Waals surface area contributed by atoms with Crippen molar-refractivity contribution in [3.8, 4) is 0 Å². The van der Waals surface area contributed by atoms with Crippen molar-refractivity contribution in [2.45, 2.75) is 12.2 Å². The second kappa shape index (κ2) is 10.1. The molecule has 0 aliphatic rings. The number of nitrogens with one attached hydrogen (secondary N) is 1. The first-order valence-electron chi connectivity index (χ1n) is 9.65. The van der Waals surface area contributed by atoms with Crippen molar-refractivity contribution in [1.29, 1.82) is 0 Å². The average molecular weight is 456 g/mol. The number of nitro benzene ring substituents is 1. The molecule has 11 heteroatoms. The Kier molecular flexibility index (Phi) is 7.21. The number of amides is 1. The van der Waals surface area contributed by atoms with E-state index in [9.17, 15) is 29.8 Å². The van der Waals surface area contributed by atoms with Crippen molar-refractivity contribution in [2.24, 2.45) is 0 Å². The highest BCUT2D eigenvalue weighted by molar-refractivity contribution is 7.99. The molecule has 2 aromatic carbocycles. The van der Waals surface area contributed by atoms with E-state index in [1.807, 2.05) is 12.1 Å². The van der Waals surface area contributed by atoms with Crippen LogP contribution in [0.3, 0.4) is 0 Å². The van der Waals surface area contributed by atoms with E-state index < -0.39 is 15.1 Å². The van der Waals surface area contributed by atoms with Crippen LogP contribution in [0.5, 0.6) is 0 Å². The lowest BCUT2D eigenvalue weighted by atomic mass is 10.1. The fourth-order valence-corrected chi connectivity index (χ4v) is 4.40. The van der Waals surface area contributed by atoms with Gasteiger partial charge in [-0.25, -0.2) is 0 Å². The maximum Gasteiger partial charge on any atom is 0.269 e. The summed E-state index contributed by atoms with van der Waals surface area (Å²) < 4.78 is 1.48. The van der Waals surface area contributed by atoms with Gasteiger partial charge in [-0.05, 0) is 23.8 Å². The Balaban J connectivity index is 1.68. The minimum atomic E-state index is -0.545.